The summed E-state index contributed by atoms with van der Waals surface area (Å²) in [7, 11) is 0. The van der Waals surface area contributed by atoms with Crippen LogP contribution in [0.3, 0.4) is 0 Å². The summed E-state index contributed by atoms with van der Waals surface area (Å²) in [5, 5.41) is 0.644. The zero-order valence-corrected chi connectivity index (χ0v) is 10.6. The van der Waals surface area contributed by atoms with Crippen LogP contribution in [0.4, 0.5) is 3.89 Å². The van der Waals surface area contributed by atoms with Crippen molar-refractivity contribution in [3.05, 3.63) is 39.4 Å². The third-order valence-electron chi connectivity index (χ3n) is 2.41. The van der Waals surface area contributed by atoms with Crippen molar-refractivity contribution in [1.82, 2.24) is 8.96 Å². The van der Waals surface area contributed by atoms with Gasteiger partial charge in [-0.2, -0.15) is 0 Å². The number of hydrogen-bond donors (Lipinski definition) is 0. The molecule has 1 aromatic carbocycles. The zero-order chi connectivity index (χ0) is 12.0. The largest absolute Gasteiger partial charge is 0.421 e. The molecule has 0 bridgehead atoms. The van der Waals surface area contributed by atoms with E-state index in [0.29, 0.717) is 16.5 Å². The molecule has 0 N–H and O–H groups in total. The molecule has 0 radical (unpaired) electrons. The fraction of sp³-hybridized carbons (Fsp3) is 0. The van der Waals surface area contributed by atoms with E-state index in [-0.39, 0.29) is 22.6 Å². The van der Waals surface area contributed by atoms with Gasteiger partial charge in [-0.25, -0.2) is 13.8 Å². The number of hydrogen-bond acceptors (Lipinski definition) is 4. The maximum Gasteiger partial charge on any atom is 0.364 e. The molecule has 0 atom stereocenters. The fourth-order valence-electron chi connectivity index (χ4n) is 1.72. The van der Waals surface area contributed by atoms with Crippen molar-refractivity contribution in [2.45, 2.75) is 0 Å². The Morgan fingerprint density at radius 1 is 1.41 bits per heavy atom. The van der Waals surface area contributed by atoms with Gasteiger partial charge in [0.2, 0.25) is 0 Å². The minimum absolute atomic E-state index is 0.0181. The second kappa shape index (κ2) is 3.85. The molecule has 2 heterocycles. The molecule has 0 aliphatic heterocycles. The quantitative estimate of drug-likeness (QED) is 0.647. The minimum atomic E-state index is -0.577. The summed E-state index contributed by atoms with van der Waals surface area (Å²) in [4.78, 5) is 15.6. The molecule has 0 aliphatic rings. The molecule has 0 saturated heterocycles. The zero-order valence-electron chi connectivity index (χ0n) is 8.18. The number of nitrogens with zero attached hydrogens (tertiary/aromatic N) is 2. The average molecular weight is 315 g/mol. The van der Waals surface area contributed by atoms with Crippen LogP contribution in [0.25, 0.3) is 22.0 Å². The molecule has 17 heavy (non-hydrogen) atoms. The van der Waals surface area contributed by atoms with Crippen LogP contribution in [0.5, 0.6) is 0 Å². The normalized spacial score (nSPS) is 11.4. The number of rotatable bonds is 1. The Morgan fingerprint density at radius 3 is 2.94 bits per heavy atom. The van der Waals surface area contributed by atoms with Crippen molar-refractivity contribution >= 4 is 50.3 Å². The molecule has 3 aromatic rings. The monoisotopic (exact) mass is 314 g/mol. The Labute approximate surface area is 107 Å². The van der Waals surface area contributed by atoms with Gasteiger partial charge in [-0.05, 0) is 28.1 Å². The molecule has 0 saturated carbocycles. The molecule has 3 rings (SSSR count). The van der Waals surface area contributed by atoms with Crippen LogP contribution >= 0.6 is 28.3 Å². The highest BCUT2D eigenvalue weighted by Gasteiger charge is 2.17. The summed E-state index contributed by atoms with van der Waals surface area (Å²) in [5.41, 5.74) is 0.358. The molecule has 7 heteroatoms. The molecule has 0 fully saturated rings. The summed E-state index contributed by atoms with van der Waals surface area (Å²) in [6.07, 6.45) is 0. The molecule has 86 valence electrons. The lowest BCUT2D eigenvalue weighted by atomic mass is 10.2. The van der Waals surface area contributed by atoms with E-state index < -0.39 is 5.63 Å². The number of benzene rings is 1. The maximum atomic E-state index is 12.9. The van der Waals surface area contributed by atoms with E-state index in [4.69, 9.17) is 4.42 Å². The highest BCUT2D eigenvalue weighted by atomic mass is 79.9. The molecular formula is C10H4BrFN2O2S. The average Bonchev–Trinajstić information content (AvgIpc) is 2.67. The highest BCUT2D eigenvalue weighted by molar-refractivity contribution is 9.10. The predicted molar refractivity (Wildman–Crippen MR) is 67.6 cm³/mol. The number of aromatic nitrogens is 2. The highest BCUT2D eigenvalue weighted by Crippen LogP contribution is 2.29. The number of halogens is 2. The van der Waals surface area contributed by atoms with Crippen LogP contribution in [0.15, 0.2) is 38.2 Å². The first-order chi connectivity index (χ1) is 8.22. The number of fused-ring (bicyclic) bond motifs is 3. The Kier molecular flexibility index (Phi) is 2.44. The smallest absolute Gasteiger partial charge is 0.364 e. The van der Waals surface area contributed by atoms with Crippen molar-refractivity contribution in [3.8, 4) is 0 Å². The molecule has 2 aromatic heterocycles. The van der Waals surface area contributed by atoms with E-state index in [1.807, 2.05) is 0 Å². The first-order valence-electron chi connectivity index (χ1n) is 4.61. The second-order valence-electron chi connectivity index (χ2n) is 3.33. The van der Waals surface area contributed by atoms with Gasteiger partial charge in [0.1, 0.15) is 11.1 Å². The lowest BCUT2D eigenvalue weighted by molar-refractivity contribution is 0.568. The molecule has 0 amide bonds. The summed E-state index contributed by atoms with van der Waals surface area (Å²) in [6.45, 7) is 0. The first-order valence-corrected chi connectivity index (χ1v) is 6.08. The van der Waals surface area contributed by atoms with Crippen molar-refractivity contribution < 1.29 is 8.30 Å². The van der Waals surface area contributed by atoms with Gasteiger partial charge >= 0.3 is 5.63 Å². The van der Waals surface area contributed by atoms with Gasteiger partial charge in [-0.15, -0.1) is 3.89 Å². The van der Waals surface area contributed by atoms with Crippen LogP contribution < -0.4 is 5.63 Å². The van der Waals surface area contributed by atoms with Crippen molar-refractivity contribution in [2.75, 3.05) is 0 Å². The van der Waals surface area contributed by atoms with Crippen molar-refractivity contribution in [2.24, 2.45) is 0 Å². The number of para-hydroxylation sites is 1. The SMILES string of the molecule is O=c1oc2ccccc2c2c1nc(Br)n2SF. The summed E-state index contributed by atoms with van der Waals surface area (Å²) >= 11 is 3.08. The van der Waals surface area contributed by atoms with Gasteiger partial charge in [0, 0.05) is 5.39 Å². The third kappa shape index (κ3) is 1.49. The fourth-order valence-corrected chi connectivity index (χ4v) is 2.59. The van der Waals surface area contributed by atoms with Gasteiger partial charge in [0.15, 0.2) is 22.6 Å². The van der Waals surface area contributed by atoms with E-state index in [1.54, 1.807) is 24.3 Å². The molecule has 0 aliphatic carbocycles. The predicted octanol–water partition coefficient (Wildman–Crippen LogP) is 3.29. The number of imidazole rings is 1. The summed E-state index contributed by atoms with van der Waals surface area (Å²) < 4.78 is 19.4. The molecular weight excluding hydrogens is 311 g/mol. The summed E-state index contributed by atoms with van der Waals surface area (Å²) in [5.74, 6) is 0. The Hall–Kier alpha value is -1.34. The van der Waals surface area contributed by atoms with Gasteiger partial charge < -0.3 is 4.42 Å². The van der Waals surface area contributed by atoms with E-state index in [2.05, 4.69) is 20.9 Å². The first kappa shape index (κ1) is 10.8. The van der Waals surface area contributed by atoms with E-state index >= 15 is 0 Å². The summed E-state index contributed by atoms with van der Waals surface area (Å²) in [6, 6.07) is 6.94. The minimum Gasteiger partial charge on any atom is -0.421 e. The Balaban J connectivity index is 2.67. The van der Waals surface area contributed by atoms with Crippen LogP contribution in [-0.2, 0) is 0 Å². The van der Waals surface area contributed by atoms with Gasteiger partial charge in [-0.3, -0.25) is 0 Å². The van der Waals surface area contributed by atoms with Gasteiger partial charge in [-0.1, -0.05) is 12.1 Å². The topological polar surface area (TPSA) is 48.0 Å². The van der Waals surface area contributed by atoms with Crippen molar-refractivity contribution in [3.63, 3.8) is 0 Å². The lowest BCUT2D eigenvalue weighted by Crippen LogP contribution is -1.99. The van der Waals surface area contributed by atoms with Crippen LogP contribution in [-0.4, -0.2) is 8.96 Å². The van der Waals surface area contributed by atoms with E-state index in [0.717, 1.165) is 0 Å². The van der Waals surface area contributed by atoms with Crippen LogP contribution in [0.2, 0.25) is 0 Å². The maximum absolute atomic E-state index is 12.9. The van der Waals surface area contributed by atoms with E-state index in [1.165, 1.54) is 3.97 Å². The van der Waals surface area contributed by atoms with Gasteiger partial charge in [0.25, 0.3) is 0 Å². The molecule has 4 nitrogen and oxygen atoms in total. The van der Waals surface area contributed by atoms with Crippen LogP contribution in [0, 0.1) is 0 Å². The second-order valence-corrected chi connectivity index (χ2v) is 4.54. The molecule has 0 unspecified atom stereocenters. The van der Waals surface area contributed by atoms with E-state index in [9.17, 15) is 8.68 Å². The standard InChI is InChI=1S/C10H4BrFN2O2S/c11-10-13-7-8(14(10)17-12)5-3-1-2-4-6(5)16-9(7)15/h1-4H. The molecule has 0 spiro atoms. The van der Waals surface area contributed by atoms with Crippen LogP contribution in [0.1, 0.15) is 0 Å². The van der Waals surface area contributed by atoms with Gasteiger partial charge in [0.05, 0.1) is 0 Å². The Bertz CT molecular complexity index is 783. The Morgan fingerprint density at radius 2 is 2.18 bits per heavy atom. The lowest BCUT2D eigenvalue weighted by Gasteiger charge is -2.00. The third-order valence-corrected chi connectivity index (χ3v) is 3.67. The van der Waals surface area contributed by atoms with Crippen molar-refractivity contribution in [1.29, 1.82) is 0 Å².